The second-order valence-corrected chi connectivity index (χ2v) is 34.3. The second-order valence-electron chi connectivity index (χ2n) is 29.0. The number of thiophene rings is 5. The van der Waals surface area contributed by atoms with Gasteiger partial charge in [-0.2, -0.15) is 0 Å². The molecule has 0 N–H and O–H groups in total. The van der Waals surface area contributed by atoms with Crippen LogP contribution >= 0.6 is 56.7 Å². The SMILES string of the molecule is c1cc(-c2cccc(-c3cccc4c3sc3ccccc34)c2)cc(-c2ccc3sc4nc(-c5cccc(-c6cccc(-c7cccc8c7sc7ccccc78)c6)c5)cnc4c3c2)c1.c1ccc2c(c1)oc1c(-c3ccc(-c4ccc5sc6nc(-c7ccc(-c8cccc9c8sc8ccccc89)cc7)cnc6c5c4)cc3)cccc12. The molecule has 0 saturated heterocycles. The Kier molecular flexibility index (Phi) is 15.8. The molecule has 532 valence electrons. The highest BCUT2D eigenvalue weighted by Gasteiger charge is 2.20. The molecule has 5 nitrogen and oxygen atoms in total. The first-order chi connectivity index (χ1) is 56.4. The van der Waals surface area contributed by atoms with Crippen LogP contribution in [-0.4, -0.2) is 19.9 Å². The third kappa shape index (κ3) is 11.4. The molecule has 24 rings (SSSR count). The minimum atomic E-state index is 0.876. The van der Waals surface area contributed by atoms with Crippen molar-refractivity contribution < 1.29 is 4.42 Å². The first-order valence-electron chi connectivity index (χ1n) is 38.1. The molecular weight excluding hydrogens is 1480 g/mol. The lowest BCUT2D eigenvalue weighted by atomic mass is 9.95. The van der Waals surface area contributed by atoms with Crippen molar-refractivity contribution in [2.24, 2.45) is 0 Å². The molecule has 0 atom stereocenters. The maximum Gasteiger partial charge on any atom is 0.143 e. The Morgan fingerprint density at radius 1 is 0.202 bits per heavy atom. The first kappa shape index (κ1) is 66.4. The van der Waals surface area contributed by atoms with Gasteiger partial charge in [-0.1, -0.05) is 279 Å². The van der Waals surface area contributed by atoms with Crippen LogP contribution in [0, 0.1) is 0 Å². The van der Waals surface area contributed by atoms with Crippen molar-refractivity contribution in [3.8, 4) is 112 Å². The summed E-state index contributed by atoms with van der Waals surface area (Å²) in [7, 11) is 0. The van der Waals surface area contributed by atoms with Crippen LogP contribution < -0.4 is 0 Å². The zero-order chi connectivity index (χ0) is 74.9. The predicted octanol–water partition coefficient (Wildman–Crippen LogP) is 31.4. The van der Waals surface area contributed by atoms with E-state index in [0.717, 1.165) is 104 Å². The Hall–Kier alpha value is -13.4. The van der Waals surface area contributed by atoms with Gasteiger partial charge in [0.15, 0.2) is 0 Å². The fourth-order valence-electron chi connectivity index (χ4n) is 16.7. The maximum atomic E-state index is 6.31. The summed E-state index contributed by atoms with van der Waals surface area (Å²) in [6.45, 7) is 0. The quantitative estimate of drug-likeness (QED) is 0.137. The van der Waals surface area contributed by atoms with Crippen LogP contribution in [0.15, 0.2) is 369 Å². The predicted molar refractivity (Wildman–Crippen MR) is 490 cm³/mol. The van der Waals surface area contributed by atoms with E-state index in [-0.39, 0.29) is 0 Å². The Balaban J connectivity index is 0.000000138. The molecule has 0 radical (unpaired) electrons. The van der Waals surface area contributed by atoms with Gasteiger partial charge in [0.2, 0.25) is 0 Å². The fraction of sp³-hybridized carbons (Fsp3) is 0. The lowest BCUT2D eigenvalue weighted by Crippen LogP contribution is -1.88. The van der Waals surface area contributed by atoms with Gasteiger partial charge >= 0.3 is 0 Å². The van der Waals surface area contributed by atoms with Crippen molar-refractivity contribution in [3.05, 3.63) is 364 Å². The number of hydrogen-bond donors (Lipinski definition) is 0. The summed E-state index contributed by atoms with van der Waals surface area (Å²) in [6, 6.07) is 127. The molecule has 8 aromatic heterocycles. The Morgan fingerprint density at radius 3 is 1.03 bits per heavy atom. The van der Waals surface area contributed by atoms with Gasteiger partial charge in [-0.3, -0.25) is 9.97 Å². The molecule has 10 heteroatoms. The summed E-state index contributed by atoms with van der Waals surface area (Å²) >= 11 is 9.02. The van der Waals surface area contributed by atoms with Gasteiger partial charge in [-0.25, -0.2) is 9.97 Å². The Bertz CT molecular complexity index is 8010. The van der Waals surface area contributed by atoms with Gasteiger partial charge in [0.1, 0.15) is 31.9 Å². The van der Waals surface area contributed by atoms with E-state index in [9.17, 15) is 0 Å². The van der Waals surface area contributed by atoms with Gasteiger partial charge in [0.25, 0.3) is 0 Å². The number of aromatic nitrogens is 4. The molecule has 0 aliphatic carbocycles. The van der Waals surface area contributed by atoms with E-state index in [1.165, 1.54) is 131 Å². The van der Waals surface area contributed by atoms with Crippen LogP contribution in [0.5, 0.6) is 0 Å². The van der Waals surface area contributed by atoms with E-state index >= 15 is 0 Å². The normalized spacial score (nSPS) is 11.9. The third-order valence-corrected chi connectivity index (χ3v) is 28.1. The number of para-hydroxylation sites is 2. The molecule has 0 aliphatic rings. The topological polar surface area (TPSA) is 64.7 Å². The van der Waals surface area contributed by atoms with E-state index in [4.69, 9.17) is 24.4 Å². The van der Waals surface area contributed by atoms with Crippen LogP contribution in [0.3, 0.4) is 0 Å². The van der Waals surface area contributed by atoms with Crippen molar-refractivity contribution in [1.82, 2.24) is 19.9 Å². The molecule has 0 fully saturated rings. The van der Waals surface area contributed by atoms with Crippen molar-refractivity contribution in [2.45, 2.75) is 0 Å². The van der Waals surface area contributed by atoms with Gasteiger partial charge in [0.05, 0.1) is 23.8 Å². The standard InChI is InChI=1S/C58H34N2S3.C46H26N2OS2/c1-3-25-52-46(19-1)48-23-9-21-44(56(48)61-52)41-16-6-13-37(30-41)35-11-5-12-36(29-35)40-27-28-54-50(33-40)55-58(63-54)60-51(34-59-55)43-18-8-15-39(32-43)38-14-7-17-42(31-38)45-22-10-24-49-47-20-2-4-26-53(47)62-57(45)49;1-3-13-40-34(7-1)36-11-5-9-32(44(36)49-40)28-17-15-27(16-18-28)31-23-24-42-38(25-31)43-46(51-42)48-39(26-47-43)30-21-19-29(20-22-30)33-10-6-12-37-35-8-2-4-14-41(35)50-45(33)37/h1-34H;1-26H. The molecule has 0 amide bonds. The summed E-state index contributed by atoms with van der Waals surface area (Å²) in [5.74, 6) is 0. The smallest absolute Gasteiger partial charge is 0.143 e. The molecule has 0 bridgehead atoms. The largest absolute Gasteiger partial charge is 0.455 e. The fourth-order valence-corrected chi connectivity index (χ4v) is 22.5. The van der Waals surface area contributed by atoms with Crippen molar-refractivity contribution in [1.29, 1.82) is 0 Å². The molecule has 24 aromatic rings. The number of rotatable bonds is 10. The number of nitrogens with zero attached hydrogens (tertiary/aromatic N) is 4. The van der Waals surface area contributed by atoms with Crippen molar-refractivity contribution in [3.63, 3.8) is 0 Å². The van der Waals surface area contributed by atoms with Gasteiger partial charge in [-0.15, -0.1) is 56.7 Å². The summed E-state index contributed by atoms with van der Waals surface area (Å²) in [5, 5.41) is 12.5. The number of benzene rings is 16. The zero-order valence-corrected chi connectivity index (χ0v) is 65.0. The molecule has 114 heavy (non-hydrogen) atoms. The van der Waals surface area contributed by atoms with E-state index in [1.54, 1.807) is 22.7 Å². The van der Waals surface area contributed by atoms with Crippen LogP contribution in [0.2, 0.25) is 0 Å². The average molecular weight is 1540 g/mol. The summed E-state index contributed by atoms with van der Waals surface area (Å²) in [6.07, 6.45) is 3.85. The van der Waals surface area contributed by atoms with E-state index in [0.29, 0.717) is 0 Å². The highest BCUT2D eigenvalue weighted by atomic mass is 32.1. The van der Waals surface area contributed by atoms with Crippen LogP contribution in [-0.2, 0) is 0 Å². The summed E-state index contributed by atoms with van der Waals surface area (Å²) in [5.41, 5.74) is 26.7. The van der Waals surface area contributed by atoms with Gasteiger partial charge in [0, 0.05) is 108 Å². The van der Waals surface area contributed by atoms with Crippen LogP contribution in [0.25, 0.3) is 235 Å². The molecule has 0 spiro atoms. The van der Waals surface area contributed by atoms with E-state index in [2.05, 4.69) is 340 Å². The monoisotopic (exact) mass is 1540 g/mol. The lowest BCUT2D eigenvalue weighted by molar-refractivity contribution is 0.670. The second kappa shape index (κ2) is 27.2. The molecule has 0 unspecified atom stereocenters. The Morgan fingerprint density at radius 2 is 0.526 bits per heavy atom. The highest BCUT2D eigenvalue weighted by Crippen LogP contribution is 2.47. The summed E-state index contributed by atoms with van der Waals surface area (Å²) in [4.78, 5) is 22.3. The van der Waals surface area contributed by atoms with Crippen LogP contribution in [0.1, 0.15) is 0 Å². The highest BCUT2D eigenvalue weighted by molar-refractivity contribution is 7.27. The molecule has 8 heterocycles. The Labute approximate surface area is 674 Å². The minimum absolute atomic E-state index is 0.876. The van der Waals surface area contributed by atoms with E-state index < -0.39 is 0 Å². The number of furan rings is 1. The van der Waals surface area contributed by atoms with Crippen molar-refractivity contribution in [2.75, 3.05) is 0 Å². The van der Waals surface area contributed by atoms with Crippen molar-refractivity contribution >= 4 is 180 Å². The molecule has 0 saturated carbocycles. The third-order valence-electron chi connectivity index (χ3n) is 22.4. The van der Waals surface area contributed by atoms with E-state index in [1.807, 2.05) is 58.5 Å². The molecule has 16 aromatic carbocycles. The molecular formula is C104H60N4OS5. The molecule has 0 aliphatic heterocycles. The maximum absolute atomic E-state index is 6.31. The summed E-state index contributed by atoms with van der Waals surface area (Å²) < 4.78 is 16.6. The van der Waals surface area contributed by atoms with Gasteiger partial charge in [-0.05, 0) is 156 Å². The average Bonchev–Trinajstić information content (AvgIpc) is 1.63. The lowest BCUT2D eigenvalue weighted by Gasteiger charge is -2.10. The zero-order valence-electron chi connectivity index (χ0n) is 60.9. The minimum Gasteiger partial charge on any atom is -0.455 e. The van der Waals surface area contributed by atoms with Gasteiger partial charge < -0.3 is 4.42 Å². The number of hydrogen-bond acceptors (Lipinski definition) is 10. The number of fused-ring (bicyclic) bond motifs is 18. The first-order valence-corrected chi connectivity index (χ1v) is 42.2. The van der Waals surface area contributed by atoms with Crippen LogP contribution in [0.4, 0.5) is 0 Å².